The second-order valence-corrected chi connectivity index (χ2v) is 7.10. The fourth-order valence-corrected chi connectivity index (χ4v) is 2.72. The van der Waals surface area contributed by atoms with E-state index in [9.17, 15) is 9.59 Å². The van der Waals surface area contributed by atoms with Gasteiger partial charge in [-0.1, -0.05) is 26.0 Å². The lowest BCUT2D eigenvalue weighted by Gasteiger charge is -2.29. The first-order chi connectivity index (χ1) is 10.3. The van der Waals surface area contributed by atoms with Gasteiger partial charge in [-0.15, -0.1) is 11.8 Å². The second kappa shape index (κ2) is 6.57. The molecule has 2 rings (SSSR count). The Morgan fingerprint density at radius 2 is 1.64 bits per heavy atom. The van der Waals surface area contributed by atoms with Gasteiger partial charge in [0, 0.05) is 24.5 Å². The number of carbonyl (C=O) groups is 2. The average molecular weight is 320 g/mol. The molecule has 4 nitrogen and oxygen atoms in total. The normalized spacial score (nSPS) is 17.2. The minimum atomic E-state index is -1.21. The number of ether oxygens (including phenoxy) is 2. The molecule has 0 aliphatic carbocycles. The Morgan fingerprint density at radius 1 is 1.09 bits per heavy atom. The molecule has 0 unspecified atom stereocenters. The van der Waals surface area contributed by atoms with E-state index in [4.69, 9.17) is 9.47 Å². The number of esters is 2. The third kappa shape index (κ3) is 4.37. The molecule has 1 aliphatic heterocycles. The largest absolute Gasteiger partial charge is 0.419 e. The van der Waals surface area contributed by atoms with E-state index >= 15 is 0 Å². The van der Waals surface area contributed by atoms with Crippen LogP contribution in [0.2, 0.25) is 0 Å². The minimum absolute atomic E-state index is 0.0816. The van der Waals surface area contributed by atoms with Gasteiger partial charge >= 0.3 is 11.9 Å². The quantitative estimate of drug-likeness (QED) is 0.367. The number of rotatable bonds is 4. The predicted molar refractivity (Wildman–Crippen MR) is 86.2 cm³/mol. The molecular weight excluding hydrogens is 300 g/mol. The van der Waals surface area contributed by atoms with Crippen molar-refractivity contribution in [1.29, 1.82) is 0 Å². The summed E-state index contributed by atoms with van der Waals surface area (Å²) in [5.74, 6) is -0.835. The Labute approximate surface area is 134 Å². The van der Waals surface area contributed by atoms with E-state index in [0.29, 0.717) is 5.92 Å². The topological polar surface area (TPSA) is 52.6 Å². The monoisotopic (exact) mass is 320 g/mol. The Bertz CT molecular complexity index is 578. The maximum Gasteiger partial charge on any atom is 0.348 e. The highest BCUT2D eigenvalue weighted by molar-refractivity contribution is 7.99. The molecule has 5 heteroatoms. The summed E-state index contributed by atoms with van der Waals surface area (Å²) in [5, 5.41) is 0. The summed E-state index contributed by atoms with van der Waals surface area (Å²) in [6.45, 7) is 7.40. The van der Waals surface area contributed by atoms with Gasteiger partial charge in [0.25, 0.3) is 5.79 Å². The molecule has 0 atom stereocenters. The fraction of sp³-hybridized carbons (Fsp3) is 0.412. The highest BCUT2D eigenvalue weighted by Gasteiger charge is 2.38. The average Bonchev–Trinajstić information content (AvgIpc) is 2.41. The smallest absolute Gasteiger partial charge is 0.348 e. The Morgan fingerprint density at radius 3 is 2.14 bits per heavy atom. The first-order valence-corrected chi connectivity index (χ1v) is 8.16. The molecule has 1 fully saturated rings. The van der Waals surface area contributed by atoms with E-state index in [0.717, 1.165) is 16.2 Å². The van der Waals surface area contributed by atoms with E-state index < -0.39 is 17.7 Å². The van der Waals surface area contributed by atoms with Crippen molar-refractivity contribution in [3.8, 4) is 0 Å². The van der Waals surface area contributed by atoms with Crippen LogP contribution in [0.3, 0.4) is 0 Å². The molecule has 0 bridgehead atoms. The van der Waals surface area contributed by atoms with Gasteiger partial charge in [0.1, 0.15) is 5.57 Å². The van der Waals surface area contributed by atoms with E-state index in [1.165, 1.54) is 19.9 Å². The summed E-state index contributed by atoms with van der Waals surface area (Å²) >= 11 is 1.78. The van der Waals surface area contributed by atoms with Crippen LogP contribution in [0, 0.1) is 5.92 Å². The Balaban J connectivity index is 2.12. The van der Waals surface area contributed by atoms with E-state index in [-0.39, 0.29) is 5.57 Å². The minimum Gasteiger partial charge on any atom is -0.419 e. The van der Waals surface area contributed by atoms with Crippen molar-refractivity contribution >= 4 is 29.8 Å². The molecule has 1 aromatic rings. The van der Waals surface area contributed by atoms with Crippen molar-refractivity contribution in [3.63, 3.8) is 0 Å². The van der Waals surface area contributed by atoms with E-state index in [1.807, 2.05) is 24.3 Å². The van der Waals surface area contributed by atoms with Crippen LogP contribution in [-0.4, -0.2) is 23.5 Å². The summed E-state index contributed by atoms with van der Waals surface area (Å²) in [6.07, 6.45) is 1.50. The lowest BCUT2D eigenvalue weighted by molar-refractivity contribution is -0.222. The van der Waals surface area contributed by atoms with Gasteiger partial charge in [0.15, 0.2) is 0 Å². The van der Waals surface area contributed by atoms with Crippen LogP contribution in [0.5, 0.6) is 0 Å². The summed E-state index contributed by atoms with van der Waals surface area (Å²) in [7, 11) is 0. The Kier molecular flexibility index (Phi) is 4.96. The third-order valence-corrected chi connectivity index (χ3v) is 4.33. The zero-order chi connectivity index (χ0) is 16.3. The number of thioether (sulfide) groups is 1. The van der Waals surface area contributed by atoms with Crippen LogP contribution >= 0.6 is 11.8 Å². The van der Waals surface area contributed by atoms with E-state index in [2.05, 4.69) is 13.8 Å². The van der Waals surface area contributed by atoms with Gasteiger partial charge in [-0.2, -0.15) is 0 Å². The van der Waals surface area contributed by atoms with Crippen molar-refractivity contribution in [2.24, 2.45) is 5.92 Å². The molecule has 0 radical (unpaired) electrons. The van der Waals surface area contributed by atoms with Gasteiger partial charge in [-0.05, 0) is 29.7 Å². The van der Waals surface area contributed by atoms with Gasteiger partial charge in [0.05, 0.1) is 0 Å². The first-order valence-electron chi connectivity index (χ1n) is 7.18. The van der Waals surface area contributed by atoms with E-state index in [1.54, 1.807) is 11.8 Å². The molecular formula is C17H20O4S. The molecule has 0 amide bonds. The number of hydrogen-bond donors (Lipinski definition) is 0. The standard InChI is InChI=1S/C17H20O4S/c1-11(2)10-22-13-7-5-12(6-8-13)9-14-15(18)20-17(3,4)21-16(14)19/h5-9,11H,10H2,1-4H3. The predicted octanol–water partition coefficient (Wildman–Crippen LogP) is 3.65. The Hall–Kier alpha value is -1.75. The second-order valence-electron chi connectivity index (χ2n) is 6.01. The lowest BCUT2D eigenvalue weighted by atomic mass is 10.1. The number of carbonyl (C=O) groups excluding carboxylic acids is 2. The van der Waals surface area contributed by atoms with Crippen molar-refractivity contribution in [2.45, 2.75) is 38.4 Å². The van der Waals surface area contributed by atoms with Crippen LogP contribution < -0.4 is 0 Å². The maximum absolute atomic E-state index is 11.9. The highest BCUT2D eigenvalue weighted by Crippen LogP contribution is 2.25. The molecule has 0 aromatic heterocycles. The SMILES string of the molecule is CC(C)CSc1ccc(C=C2C(=O)OC(C)(C)OC2=O)cc1. The van der Waals surface area contributed by atoms with Crippen LogP contribution in [-0.2, 0) is 19.1 Å². The fourth-order valence-electron chi connectivity index (χ4n) is 1.87. The highest BCUT2D eigenvalue weighted by atomic mass is 32.2. The number of benzene rings is 1. The zero-order valence-corrected chi connectivity index (χ0v) is 14.0. The summed E-state index contributed by atoms with van der Waals surface area (Å²) in [6, 6.07) is 7.69. The summed E-state index contributed by atoms with van der Waals surface area (Å²) < 4.78 is 10.1. The van der Waals surface area contributed by atoms with Crippen LogP contribution in [0.15, 0.2) is 34.7 Å². The van der Waals surface area contributed by atoms with Crippen LogP contribution in [0.25, 0.3) is 6.08 Å². The van der Waals surface area contributed by atoms with Gasteiger partial charge in [-0.25, -0.2) is 9.59 Å². The van der Waals surface area contributed by atoms with Crippen molar-refractivity contribution in [2.75, 3.05) is 5.75 Å². The molecule has 0 spiro atoms. The van der Waals surface area contributed by atoms with Crippen LogP contribution in [0.4, 0.5) is 0 Å². The number of hydrogen-bond acceptors (Lipinski definition) is 5. The van der Waals surface area contributed by atoms with Crippen LogP contribution in [0.1, 0.15) is 33.3 Å². The zero-order valence-electron chi connectivity index (χ0n) is 13.2. The van der Waals surface area contributed by atoms with Crippen molar-refractivity contribution in [3.05, 3.63) is 35.4 Å². The summed E-state index contributed by atoms with van der Waals surface area (Å²) in [4.78, 5) is 24.9. The molecule has 1 aromatic carbocycles. The molecule has 22 heavy (non-hydrogen) atoms. The van der Waals surface area contributed by atoms with Gasteiger partial charge in [-0.3, -0.25) is 0 Å². The molecule has 0 N–H and O–H groups in total. The van der Waals surface area contributed by atoms with Gasteiger partial charge < -0.3 is 9.47 Å². The third-order valence-electron chi connectivity index (χ3n) is 2.89. The molecule has 1 aliphatic rings. The molecule has 0 saturated carbocycles. The first kappa shape index (κ1) is 16.6. The molecule has 1 heterocycles. The lowest BCUT2D eigenvalue weighted by Crippen LogP contribution is -2.41. The maximum atomic E-state index is 11.9. The van der Waals surface area contributed by atoms with Crippen molar-refractivity contribution < 1.29 is 19.1 Å². The van der Waals surface area contributed by atoms with Gasteiger partial charge in [0.2, 0.25) is 0 Å². The number of cyclic esters (lactones) is 2. The van der Waals surface area contributed by atoms with Crippen molar-refractivity contribution in [1.82, 2.24) is 0 Å². The molecule has 118 valence electrons. The molecule has 1 saturated heterocycles. The summed E-state index contributed by atoms with van der Waals surface area (Å²) in [5.41, 5.74) is 0.680.